The predicted octanol–water partition coefficient (Wildman–Crippen LogP) is 0.772. The van der Waals surface area contributed by atoms with E-state index < -0.39 is 11.0 Å². The summed E-state index contributed by atoms with van der Waals surface area (Å²) in [6, 6.07) is 2.56. The van der Waals surface area contributed by atoms with Gasteiger partial charge in [-0.15, -0.1) is 12.4 Å². The molecule has 1 saturated heterocycles. The first kappa shape index (κ1) is 17.1. The second kappa shape index (κ2) is 7.19. The van der Waals surface area contributed by atoms with Gasteiger partial charge in [-0.05, 0) is 19.4 Å². The Balaban J connectivity index is 0.00000220. The summed E-state index contributed by atoms with van der Waals surface area (Å²) in [6.45, 7) is 2.89. The lowest BCUT2D eigenvalue weighted by atomic mass is 10.2. The van der Waals surface area contributed by atoms with Gasteiger partial charge in [-0.1, -0.05) is 0 Å². The van der Waals surface area contributed by atoms with Crippen molar-refractivity contribution in [3.05, 3.63) is 28.4 Å². The van der Waals surface area contributed by atoms with Crippen LogP contribution in [0.25, 0.3) is 0 Å². The first-order valence-electron chi connectivity index (χ1n) is 6.38. The Morgan fingerprint density at radius 3 is 2.86 bits per heavy atom. The van der Waals surface area contributed by atoms with Crippen molar-refractivity contribution < 1.29 is 9.72 Å². The number of rotatable bonds is 4. The fourth-order valence-electron chi connectivity index (χ4n) is 2.15. The Kier molecular flexibility index (Phi) is 5.86. The molecule has 116 valence electrons. The number of likely N-dealkylation sites (tertiary alicyclic amines) is 1. The molecule has 21 heavy (non-hydrogen) atoms. The number of carbonyl (C=O) groups is 1. The topological polar surface area (TPSA) is 114 Å². The Morgan fingerprint density at radius 1 is 1.62 bits per heavy atom. The van der Waals surface area contributed by atoms with E-state index in [4.69, 9.17) is 5.73 Å². The zero-order chi connectivity index (χ0) is 14.7. The van der Waals surface area contributed by atoms with Crippen LogP contribution in [-0.4, -0.2) is 45.9 Å². The fourth-order valence-corrected chi connectivity index (χ4v) is 2.15. The van der Waals surface area contributed by atoms with Gasteiger partial charge in [0.1, 0.15) is 12.0 Å². The summed E-state index contributed by atoms with van der Waals surface area (Å²) in [7, 11) is 0. The highest BCUT2D eigenvalue weighted by molar-refractivity contribution is 5.85. The summed E-state index contributed by atoms with van der Waals surface area (Å²) in [5.41, 5.74) is 5.53. The number of nitrogens with two attached hydrogens (primary N) is 1. The lowest BCUT2D eigenvalue weighted by molar-refractivity contribution is -0.385. The standard InChI is InChI=1S/C12H17N5O3.ClH/c1-8(13)12(18)16-5-4-9(7-16)15-11-3-2-10(6-14-11)17(19)20;/h2-3,6,8-9H,4-5,7,13H2,1H3,(H,14,15);1H. The van der Waals surface area contributed by atoms with Crippen LogP contribution in [0.5, 0.6) is 0 Å². The molecule has 1 fully saturated rings. The van der Waals surface area contributed by atoms with E-state index in [9.17, 15) is 14.9 Å². The van der Waals surface area contributed by atoms with Gasteiger partial charge in [0.15, 0.2) is 0 Å². The molecule has 2 heterocycles. The number of pyridine rings is 1. The average molecular weight is 316 g/mol. The zero-order valence-electron chi connectivity index (χ0n) is 11.6. The van der Waals surface area contributed by atoms with Crippen LogP contribution >= 0.6 is 12.4 Å². The minimum Gasteiger partial charge on any atom is -0.365 e. The molecular weight excluding hydrogens is 298 g/mol. The van der Waals surface area contributed by atoms with Gasteiger partial charge >= 0.3 is 0 Å². The number of hydrogen-bond donors (Lipinski definition) is 2. The number of hydrogen-bond acceptors (Lipinski definition) is 6. The third kappa shape index (κ3) is 4.27. The molecule has 1 aliphatic rings. The Morgan fingerprint density at radius 2 is 2.33 bits per heavy atom. The molecule has 3 N–H and O–H groups in total. The quantitative estimate of drug-likeness (QED) is 0.626. The molecule has 8 nitrogen and oxygen atoms in total. The highest BCUT2D eigenvalue weighted by Gasteiger charge is 2.27. The van der Waals surface area contributed by atoms with Gasteiger partial charge in [-0.2, -0.15) is 0 Å². The molecule has 2 unspecified atom stereocenters. The van der Waals surface area contributed by atoms with Gasteiger partial charge in [0.25, 0.3) is 5.69 Å². The number of aromatic nitrogens is 1. The van der Waals surface area contributed by atoms with Gasteiger partial charge in [0, 0.05) is 25.2 Å². The van der Waals surface area contributed by atoms with Crippen molar-refractivity contribution in [2.75, 3.05) is 18.4 Å². The third-order valence-corrected chi connectivity index (χ3v) is 3.20. The van der Waals surface area contributed by atoms with Crippen molar-refractivity contribution in [3.63, 3.8) is 0 Å². The Bertz CT molecular complexity index is 508. The van der Waals surface area contributed by atoms with E-state index in [0.717, 1.165) is 6.42 Å². The first-order valence-corrected chi connectivity index (χ1v) is 6.38. The third-order valence-electron chi connectivity index (χ3n) is 3.20. The van der Waals surface area contributed by atoms with Crippen LogP contribution in [0.4, 0.5) is 11.5 Å². The summed E-state index contributed by atoms with van der Waals surface area (Å²) in [5, 5.41) is 13.7. The fraction of sp³-hybridized carbons (Fsp3) is 0.500. The number of halogens is 1. The molecule has 1 amide bonds. The number of carbonyl (C=O) groups excluding carboxylic acids is 1. The summed E-state index contributed by atoms with van der Waals surface area (Å²) < 4.78 is 0. The molecule has 1 aliphatic heterocycles. The van der Waals surface area contributed by atoms with Gasteiger partial charge in [-0.25, -0.2) is 4.98 Å². The molecule has 0 spiro atoms. The van der Waals surface area contributed by atoms with Crippen LogP contribution in [0.15, 0.2) is 18.3 Å². The lowest BCUT2D eigenvalue weighted by Crippen LogP contribution is -2.41. The summed E-state index contributed by atoms with van der Waals surface area (Å²) in [5.74, 6) is 0.502. The monoisotopic (exact) mass is 315 g/mol. The van der Waals surface area contributed by atoms with Crippen molar-refractivity contribution in [2.24, 2.45) is 5.73 Å². The second-order valence-electron chi connectivity index (χ2n) is 4.86. The van der Waals surface area contributed by atoms with Crippen LogP contribution in [-0.2, 0) is 4.79 Å². The van der Waals surface area contributed by atoms with Crippen molar-refractivity contribution in [1.82, 2.24) is 9.88 Å². The minimum absolute atomic E-state index is 0. The van der Waals surface area contributed by atoms with E-state index in [-0.39, 0.29) is 30.0 Å². The normalized spacial score (nSPS) is 18.8. The van der Waals surface area contributed by atoms with E-state index in [1.54, 1.807) is 17.9 Å². The molecule has 0 radical (unpaired) electrons. The minimum atomic E-state index is -0.494. The summed E-state index contributed by atoms with van der Waals surface area (Å²) >= 11 is 0. The van der Waals surface area contributed by atoms with Crippen LogP contribution in [0.2, 0.25) is 0 Å². The molecular formula is C12H18ClN5O3. The second-order valence-corrected chi connectivity index (χ2v) is 4.86. The van der Waals surface area contributed by atoms with Gasteiger partial charge < -0.3 is 16.0 Å². The van der Waals surface area contributed by atoms with Crippen LogP contribution in [0, 0.1) is 10.1 Å². The molecule has 0 bridgehead atoms. The lowest BCUT2D eigenvalue weighted by Gasteiger charge is -2.19. The van der Waals surface area contributed by atoms with E-state index in [1.165, 1.54) is 12.3 Å². The Hall–Kier alpha value is -1.93. The number of amides is 1. The van der Waals surface area contributed by atoms with Crippen LogP contribution in [0.1, 0.15) is 13.3 Å². The summed E-state index contributed by atoms with van der Waals surface area (Å²) in [4.78, 5) is 27.5. The molecule has 9 heteroatoms. The van der Waals surface area contributed by atoms with Crippen molar-refractivity contribution in [1.29, 1.82) is 0 Å². The maximum atomic E-state index is 11.7. The van der Waals surface area contributed by atoms with Crippen LogP contribution in [0.3, 0.4) is 0 Å². The van der Waals surface area contributed by atoms with Gasteiger partial charge in [-0.3, -0.25) is 14.9 Å². The van der Waals surface area contributed by atoms with E-state index in [0.29, 0.717) is 18.9 Å². The predicted molar refractivity (Wildman–Crippen MR) is 80.4 cm³/mol. The smallest absolute Gasteiger partial charge is 0.287 e. The number of anilines is 1. The largest absolute Gasteiger partial charge is 0.365 e. The van der Waals surface area contributed by atoms with Crippen LogP contribution < -0.4 is 11.1 Å². The summed E-state index contributed by atoms with van der Waals surface area (Å²) in [6.07, 6.45) is 2.01. The first-order chi connectivity index (χ1) is 9.47. The molecule has 1 aromatic rings. The maximum absolute atomic E-state index is 11.7. The zero-order valence-corrected chi connectivity index (χ0v) is 12.4. The molecule has 0 aromatic carbocycles. The molecule has 2 atom stereocenters. The highest BCUT2D eigenvalue weighted by Crippen LogP contribution is 2.17. The van der Waals surface area contributed by atoms with E-state index in [2.05, 4.69) is 10.3 Å². The number of nitrogens with one attached hydrogen (secondary N) is 1. The van der Waals surface area contributed by atoms with E-state index >= 15 is 0 Å². The van der Waals surface area contributed by atoms with Crippen molar-refractivity contribution >= 4 is 29.8 Å². The molecule has 2 rings (SSSR count). The number of nitrogens with zero attached hydrogens (tertiary/aromatic N) is 3. The Labute approximate surface area is 128 Å². The number of nitro groups is 1. The maximum Gasteiger partial charge on any atom is 0.287 e. The van der Waals surface area contributed by atoms with Gasteiger partial charge in [0.05, 0.1) is 11.0 Å². The molecule has 0 aliphatic carbocycles. The SMILES string of the molecule is CC(N)C(=O)N1CCC(Nc2ccc([N+](=O)[O-])cn2)C1.Cl. The highest BCUT2D eigenvalue weighted by atomic mass is 35.5. The van der Waals surface area contributed by atoms with Crippen molar-refractivity contribution in [2.45, 2.75) is 25.4 Å². The van der Waals surface area contributed by atoms with Gasteiger partial charge in [0.2, 0.25) is 5.91 Å². The molecule has 0 saturated carbocycles. The average Bonchev–Trinajstić information content (AvgIpc) is 2.86. The van der Waals surface area contributed by atoms with Crippen molar-refractivity contribution in [3.8, 4) is 0 Å². The van der Waals surface area contributed by atoms with E-state index in [1.807, 2.05) is 0 Å². The molecule has 1 aromatic heterocycles.